The molecule has 4 rings (SSSR count). The van der Waals surface area contributed by atoms with Gasteiger partial charge in [-0.2, -0.15) is 0 Å². The second kappa shape index (κ2) is 1.59. The van der Waals surface area contributed by atoms with Gasteiger partial charge in [0.15, 0.2) is 0 Å². The van der Waals surface area contributed by atoms with Crippen molar-refractivity contribution in [3.05, 3.63) is 24.3 Å². The van der Waals surface area contributed by atoms with E-state index in [0.717, 1.165) is 0 Å². The molecule has 3 aliphatic carbocycles. The average molecular weight is 150 g/mol. The van der Waals surface area contributed by atoms with E-state index in [1.54, 1.807) is 0 Å². The van der Waals surface area contributed by atoms with Crippen LogP contribution in [0.15, 0.2) is 24.3 Å². The maximum atomic E-state index is 9.95. The van der Waals surface area contributed by atoms with Crippen molar-refractivity contribution in [2.24, 2.45) is 11.8 Å². The van der Waals surface area contributed by atoms with Crippen molar-refractivity contribution in [1.82, 2.24) is 0 Å². The zero-order valence-corrected chi connectivity index (χ0v) is 6.10. The molecule has 1 heterocycles. The highest BCUT2D eigenvalue weighted by molar-refractivity contribution is 5.33. The van der Waals surface area contributed by atoms with E-state index < -0.39 is 5.60 Å². The number of rotatable bonds is 0. The second-order valence-electron chi connectivity index (χ2n) is 3.59. The van der Waals surface area contributed by atoms with Crippen LogP contribution in [0, 0.1) is 11.8 Å². The highest BCUT2D eigenvalue weighted by Gasteiger charge is 2.52. The minimum absolute atomic E-state index is 0.259. The van der Waals surface area contributed by atoms with Gasteiger partial charge in [0.25, 0.3) is 0 Å². The molecule has 2 heteroatoms. The van der Waals surface area contributed by atoms with Gasteiger partial charge in [0.05, 0.1) is 12.7 Å². The normalized spacial score (nSPS) is 57.4. The first kappa shape index (κ1) is 5.98. The summed E-state index contributed by atoms with van der Waals surface area (Å²) in [5.74, 6) is 0.741. The van der Waals surface area contributed by atoms with Gasteiger partial charge in [0, 0.05) is 11.8 Å². The summed E-state index contributed by atoms with van der Waals surface area (Å²) in [6.45, 7) is 0.715. The first-order valence-corrected chi connectivity index (χ1v) is 4.02. The van der Waals surface area contributed by atoms with E-state index in [-0.39, 0.29) is 6.10 Å². The largest absolute Gasteiger partial charge is 0.381 e. The minimum atomic E-state index is -0.683. The summed E-state index contributed by atoms with van der Waals surface area (Å²) < 4.78 is 5.37. The predicted octanol–water partition coefficient (Wildman–Crippen LogP) is 0.488. The van der Waals surface area contributed by atoms with Crippen LogP contribution in [0.1, 0.15) is 0 Å². The fourth-order valence-corrected chi connectivity index (χ4v) is 2.20. The topological polar surface area (TPSA) is 29.5 Å². The molecular formula is C9H10O2. The summed E-state index contributed by atoms with van der Waals surface area (Å²) in [7, 11) is 0. The molecule has 1 aliphatic heterocycles. The van der Waals surface area contributed by atoms with E-state index in [0.29, 0.717) is 18.4 Å². The van der Waals surface area contributed by atoms with Crippen molar-refractivity contribution in [2.45, 2.75) is 11.7 Å². The first-order valence-electron chi connectivity index (χ1n) is 4.02. The van der Waals surface area contributed by atoms with E-state index in [1.165, 1.54) is 0 Å². The van der Waals surface area contributed by atoms with E-state index in [9.17, 15) is 5.11 Å². The van der Waals surface area contributed by atoms with Crippen molar-refractivity contribution in [3.8, 4) is 0 Å². The van der Waals surface area contributed by atoms with Crippen molar-refractivity contribution in [1.29, 1.82) is 0 Å². The summed E-state index contributed by atoms with van der Waals surface area (Å²) >= 11 is 0. The van der Waals surface area contributed by atoms with Crippen LogP contribution in [-0.2, 0) is 4.74 Å². The van der Waals surface area contributed by atoms with Crippen molar-refractivity contribution >= 4 is 0 Å². The van der Waals surface area contributed by atoms with E-state index >= 15 is 0 Å². The smallest absolute Gasteiger partial charge is 0.108 e. The van der Waals surface area contributed by atoms with Gasteiger partial charge in [-0.15, -0.1) is 0 Å². The Hall–Kier alpha value is -0.600. The Bertz CT molecular complexity index is 240. The number of hydrogen-bond acceptors (Lipinski definition) is 2. The lowest BCUT2D eigenvalue weighted by atomic mass is 9.66. The summed E-state index contributed by atoms with van der Waals surface area (Å²) in [4.78, 5) is 0. The fourth-order valence-electron chi connectivity index (χ4n) is 2.20. The van der Waals surface area contributed by atoms with Gasteiger partial charge >= 0.3 is 0 Å². The van der Waals surface area contributed by atoms with Crippen LogP contribution in [0.2, 0.25) is 0 Å². The summed E-state index contributed by atoms with van der Waals surface area (Å²) in [6.07, 6.45) is 8.15. The Kier molecular flexibility index (Phi) is 0.866. The Morgan fingerprint density at radius 2 is 2.09 bits per heavy atom. The highest BCUT2D eigenvalue weighted by Crippen LogP contribution is 2.45. The molecule has 2 atom stereocenters. The third-order valence-corrected chi connectivity index (χ3v) is 3.01. The lowest BCUT2D eigenvalue weighted by molar-refractivity contribution is -0.190. The monoisotopic (exact) mass is 150 g/mol. The van der Waals surface area contributed by atoms with Gasteiger partial charge in [-0.3, -0.25) is 0 Å². The standard InChI is InChI=1S/C9H10O2/c10-9-3-1-6(2-4-9)8-7(9)5-11-8/h1-4,6-8,10H,5H2. The van der Waals surface area contributed by atoms with Gasteiger partial charge in [0.2, 0.25) is 0 Å². The van der Waals surface area contributed by atoms with Crippen LogP contribution < -0.4 is 0 Å². The van der Waals surface area contributed by atoms with Crippen LogP contribution in [0.3, 0.4) is 0 Å². The molecular weight excluding hydrogens is 140 g/mol. The molecule has 0 spiro atoms. The van der Waals surface area contributed by atoms with Crippen LogP contribution in [0.4, 0.5) is 0 Å². The van der Waals surface area contributed by atoms with Crippen molar-refractivity contribution < 1.29 is 9.84 Å². The van der Waals surface area contributed by atoms with Gasteiger partial charge in [-0.05, 0) is 0 Å². The van der Waals surface area contributed by atoms with Gasteiger partial charge in [-0.1, -0.05) is 24.3 Å². The molecule has 1 N–H and O–H groups in total. The van der Waals surface area contributed by atoms with E-state index in [1.807, 2.05) is 24.3 Å². The molecule has 0 aromatic rings. The maximum Gasteiger partial charge on any atom is 0.108 e. The summed E-state index contributed by atoms with van der Waals surface area (Å²) in [5.41, 5.74) is -0.683. The quantitative estimate of drug-likeness (QED) is 0.509. The van der Waals surface area contributed by atoms with Gasteiger partial charge in [-0.25, -0.2) is 0 Å². The molecule has 2 nitrogen and oxygen atoms in total. The number of hydrogen-bond donors (Lipinski definition) is 1. The predicted molar refractivity (Wildman–Crippen MR) is 39.9 cm³/mol. The Morgan fingerprint density at radius 1 is 1.36 bits per heavy atom. The summed E-state index contributed by atoms with van der Waals surface area (Å²) in [6, 6.07) is 0. The second-order valence-corrected chi connectivity index (χ2v) is 3.59. The molecule has 58 valence electrons. The van der Waals surface area contributed by atoms with Crippen molar-refractivity contribution in [3.63, 3.8) is 0 Å². The molecule has 1 fully saturated rings. The molecule has 1 saturated heterocycles. The van der Waals surface area contributed by atoms with E-state index in [2.05, 4.69) is 0 Å². The molecule has 0 aromatic heterocycles. The molecule has 0 amide bonds. The SMILES string of the molecule is OC12C=CC(C=C1)C1OCC12. The van der Waals surface area contributed by atoms with Gasteiger partial charge in [0.1, 0.15) is 5.60 Å². The zero-order chi connectivity index (χ0) is 7.47. The Morgan fingerprint density at radius 3 is 2.45 bits per heavy atom. The molecule has 0 saturated carbocycles. The molecule has 2 unspecified atom stereocenters. The highest BCUT2D eigenvalue weighted by atomic mass is 16.5. The summed E-state index contributed by atoms with van der Waals surface area (Å²) in [5, 5.41) is 9.95. The lowest BCUT2D eigenvalue weighted by Crippen LogP contribution is -2.59. The Balaban J connectivity index is 2.11. The first-order chi connectivity index (χ1) is 5.30. The number of ether oxygens (including phenoxy) is 1. The zero-order valence-electron chi connectivity index (χ0n) is 6.10. The Labute approximate surface area is 65.2 Å². The van der Waals surface area contributed by atoms with Crippen LogP contribution >= 0.6 is 0 Å². The molecule has 2 bridgehead atoms. The van der Waals surface area contributed by atoms with Crippen LogP contribution in [-0.4, -0.2) is 23.4 Å². The third kappa shape index (κ3) is 0.557. The molecule has 0 radical (unpaired) electrons. The van der Waals surface area contributed by atoms with E-state index in [4.69, 9.17) is 4.74 Å². The minimum Gasteiger partial charge on any atom is -0.381 e. The fraction of sp³-hybridized carbons (Fsp3) is 0.556. The van der Waals surface area contributed by atoms with Crippen LogP contribution in [0.5, 0.6) is 0 Å². The lowest BCUT2D eigenvalue weighted by Gasteiger charge is -2.52. The molecule has 11 heavy (non-hydrogen) atoms. The van der Waals surface area contributed by atoms with Crippen molar-refractivity contribution in [2.75, 3.05) is 6.61 Å². The molecule has 0 aromatic carbocycles. The van der Waals surface area contributed by atoms with Crippen LogP contribution in [0.25, 0.3) is 0 Å². The number of aliphatic hydroxyl groups is 1. The average Bonchev–Trinajstić information content (AvgIpc) is 1.89. The third-order valence-electron chi connectivity index (χ3n) is 3.01. The van der Waals surface area contributed by atoms with Gasteiger partial charge < -0.3 is 9.84 Å². The molecule has 4 aliphatic rings. The maximum absolute atomic E-state index is 9.95.